The Balaban J connectivity index is 1.61. The van der Waals surface area contributed by atoms with Gasteiger partial charge >= 0.3 is 0 Å². The zero-order valence-electron chi connectivity index (χ0n) is 14.0. The van der Waals surface area contributed by atoms with E-state index in [-0.39, 0.29) is 5.91 Å². The number of hydrogen-bond acceptors (Lipinski definition) is 2. The summed E-state index contributed by atoms with van der Waals surface area (Å²) >= 11 is 5.30. The minimum atomic E-state index is 0.0427. The zero-order valence-corrected chi connectivity index (χ0v) is 14.8. The molecule has 2 saturated carbocycles. The molecule has 0 aliphatic heterocycles. The number of rotatable bonds is 4. The molecule has 22 heavy (non-hydrogen) atoms. The second-order valence-corrected chi connectivity index (χ2v) is 7.62. The number of thiocarbonyl (C=S) groups is 1. The van der Waals surface area contributed by atoms with Crippen LogP contribution in [0, 0.1) is 17.8 Å². The molecule has 126 valence electrons. The summed E-state index contributed by atoms with van der Waals surface area (Å²) in [6, 6.07) is 0.416. The van der Waals surface area contributed by atoms with Gasteiger partial charge in [-0.25, -0.2) is 0 Å². The maximum atomic E-state index is 11.9. The number of nitrogens with one attached hydrogen (secondary N) is 3. The molecule has 0 aromatic carbocycles. The third-order valence-corrected chi connectivity index (χ3v) is 5.81. The molecule has 0 spiro atoms. The normalized spacial score (nSPS) is 29.1. The van der Waals surface area contributed by atoms with E-state index in [1.165, 1.54) is 38.5 Å². The van der Waals surface area contributed by atoms with Gasteiger partial charge < -0.3 is 5.32 Å². The fourth-order valence-electron chi connectivity index (χ4n) is 3.81. The van der Waals surface area contributed by atoms with Crippen LogP contribution in [-0.4, -0.2) is 17.1 Å². The summed E-state index contributed by atoms with van der Waals surface area (Å²) in [4.78, 5) is 11.9. The van der Waals surface area contributed by atoms with Crippen molar-refractivity contribution in [1.29, 1.82) is 0 Å². The molecule has 3 N–H and O–H groups in total. The molecule has 0 heterocycles. The topological polar surface area (TPSA) is 53.2 Å². The summed E-state index contributed by atoms with van der Waals surface area (Å²) in [6.45, 7) is 4.59. The van der Waals surface area contributed by atoms with Crippen LogP contribution in [0.1, 0.15) is 71.6 Å². The van der Waals surface area contributed by atoms with Crippen molar-refractivity contribution >= 4 is 23.2 Å². The molecule has 0 aromatic rings. The second-order valence-electron chi connectivity index (χ2n) is 7.21. The van der Waals surface area contributed by atoms with E-state index in [2.05, 4.69) is 30.0 Å². The summed E-state index contributed by atoms with van der Waals surface area (Å²) in [5.41, 5.74) is 5.59. The van der Waals surface area contributed by atoms with Crippen LogP contribution in [-0.2, 0) is 4.79 Å². The fraction of sp³-hybridized carbons (Fsp3) is 0.882. The van der Waals surface area contributed by atoms with Gasteiger partial charge in [-0.1, -0.05) is 52.4 Å². The quantitative estimate of drug-likeness (QED) is 0.548. The van der Waals surface area contributed by atoms with Crippen LogP contribution in [0.15, 0.2) is 0 Å². The lowest BCUT2D eigenvalue weighted by Gasteiger charge is -2.35. The Labute approximate surface area is 140 Å². The van der Waals surface area contributed by atoms with E-state index in [1.807, 2.05) is 0 Å². The average Bonchev–Trinajstić information content (AvgIpc) is 3.01. The van der Waals surface area contributed by atoms with E-state index < -0.39 is 0 Å². The van der Waals surface area contributed by atoms with Gasteiger partial charge in [-0.15, -0.1) is 0 Å². The molecule has 0 saturated heterocycles. The summed E-state index contributed by atoms with van der Waals surface area (Å²) in [5.74, 6) is 2.14. The highest BCUT2D eigenvalue weighted by Crippen LogP contribution is 2.29. The van der Waals surface area contributed by atoms with Gasteiger partial charge in [0.25, 0.3) is 0 Å². The lowest BCUT2D eigenvalue weighted by atomic mass is 9.78. The van der Waals surface area contributed by atoms with Crippen LogP contribution >= 0.6 is 12.2 Å². The van der Waals surface area contributed by atoms with Crippen molar-refractivity contribution in [2.75, 3.05) is 0 Å². The molecule has 0 radical (unpaired) electrons. The molecule has 0 aromatic heterocycles. The molecule has 2 aliphatic rings. The lowest BCUT2D eigenvalue weighted by molar-refractivity contribution is -0.121. The first kappa shape index (κ1) is 17.5. The average molecular weight is 326 g/mol. The Kier molecular flexibility index (Phi) is 6.93. The lowest BCUT2D eigenvalue weighted by Crippen LogP contribution is -2.52. The van der Waals surface area contributed by atoms with E-state index in [0.717, 1.165) is 24.7 Å². The van der Waals surface area contributed by atoms with Gasteiger partial charge in [0.15, 0.2) is 5.11 Å². The zero-order chi connectivity index (χ0) is 15.9. The predicted molar refractivity (Wildman–Crippen MR) is 94.2 cm³/mol. The maximum absolute atomic E-state index is 11.9. The largest absolute Gasteiger partial charge is 0.358 e. The van der Waals surface area contributed by atoms with Crippen molar-refractivity contribution < 1.29 is 4.79 Å². The number of carbonyl (C=O) groups excluding carboxylic acids is 1. The molecule has 1 amide bonds. The summed E-state index contributed by atoms with van der Waals surface area (Å²) < 4.78 is 0. The Morgan fingerprint density at radius 1 is 1.05 bits per heavy atom. The summed E-state index contributed by atoms with van der Waals surface area (Å²) in [6.07, 6.45) is 10.5. The third-order valence-electron chi connectivity index (χ3n) is 5.59. The van der Waals surface area contributed by atoms with Gasteiger partial charge in [-0.05, 0) is 42.8 Å². The van der Waals surface area contributed by atoms with Gasteiger partial charge in [0.2, 0.25) is 5.91 Å². The van der Waals surface area contributed by atoms with Crippen molar-refractivity contribution in [2.24, 2.45) is 17.8 Å². The number of amides is 1. The molecule has 0 bridgehead atoms. The number of hydrogen-bond donors (Lipinski definition) is 3. The molecular weight excluding hydrogens is 294 g/mol. The molecule has 0 unspecified atom stereocenters. The molecule has 2 fully saturated rings. The minimum absolute atomic E-state index is 0.0427. The van der Waals surface area contributed by atoms with Crippen molar-refractivity contribution in [1.82, 2.24) is 16.2 Å². The summed E-state index contributed by atoms with van der Waals surface area (Å²) in [7, 11) is 0. The Bertz CT molecular complexity index is 382. The van der Waals surface area contributed by atoms with Crippen LogP contribution in [0.4, 0.5) is 0 Å². The van der Waals surface area contributed by atoms with E-state index >= 15 is 0 Å². The first-order chi connectivity index (χ1) is 10.6. The SMILES string of the molecule is C[C@@H]1[C@@H](C)CCC[C@H]1NC(=S)NNC(=O)CCC1CCCC1. The molecule has 2 rings (SSSR count). The predicted octanol–water partition coefficient (Wildman–Crippen LogP) is 3.28. The van der Waals surface area contributed by atoms with Crippen LogP contribution in [0.25, 0.3) is 0 Å². The molecule has 5 heteroatoms. The Hall–Kier alpha value is -0.840. The van der Waals surface area contributed by atoms with Gasteiger partial charge in [-0.3, -0.25) is 15.6 Å². The van der Waals surface area contributed by atoms with Crippen molar-refractivity contribution in [2.45, 2.75) is 77.7 Å². The highest BCUT2D eigenvalue weighted by Gasteiger charge is 2.27. The smallest absolute Gasteiger partial charge is 0.238 e. The second kappa shape index (κ2) is 8.70. The van der Waals surface area contributed by atoms with Gasteiger partial charge in [-0.2, -0.15) is 0 Å². The molecular formula is C17H31N3OS. The Morgan fingerprint density at radius 3 is 2.50 bits per heavy atom. The molecule has 3 atom stereocenters. The number of carbonyl (C=O) groups is 1. The maximum Gasteiger partial charge on any atom is 0.238 e. The minimum Gasteiger partial charge on any atom is -0.358 e. The van der Waals surface area contributed by atoms with Crippen LogP contribution in [0.2, 0.25) is 0 Å². The fourth-order valence-corrected chi connectivity index (χ4v) is 4.02. The highest BCUT2D eigenvalue weighted by atomic mass is 32.1. The first-order valence-corrected chi connectivity index (χ1v) is 9.32. The monoisotopic (exact) mass is 325 g/mol. The van der Waals surface area contributed by atoms with Gasteiger partial charge in [0.05, 0.1) is 0 Å². The van der Waals surface area contributed by atoms with E-state index in [1.54, 1.807) is 0 Å². The first-order valence-electron chi connectivity index (χ1n) is 8.91. The van der Waals surface area contributed by atoms with Gasteiger partial charge in [0.1, 0.15) is 0 Å². The Morgan fingerprint density at radius 2 is 1.77 bits per heavy atom. The standard InChI is InChI=1S/C17H31N3OS/c1-12-6-5-9-15(13(12)2)18-17(22)20-19-16(21)11-10-14-7-3-4-8-14/h12-15H,3-11H2,1-2H3,(H,19,21)(H2,18,20,22)/t12-,13+,15+/m0/s1. The van der Waals surface area contributed by atoms with E-state index in [9.17, 15) is 4.79 Å². The number of hydrazine groups is 1. The van der Waals surface area contributed by atoms with Crippen molar-refractivity contribution in [3.8, 4) is 0 Å². The molecule has 4 nitrogen and oxygen atoms in total. The van der Waals surface area contributed by atoms with Gasteiger partial charge in [0, 0.05) is 12.5 Å². The van der Waals surface area contributed by atoms with E-state index in [0.29, 0.717) is 23.5 Å². The third kappa shape index (κ3) is 5.41. The highest BCUT2D eigenvalue weighted by molar-refractivity contribution is 7.80. The van der Waals surface area contributed by atoms with Crippen molar-refractivity contribution in [3.05, 3.63) is 0 Å². The van der Waals surface area contributed by atoms with Crippen molar-refractivity contribution in [3.63, 3.8) is 0 Å². The van der Waals surface area contributed by atoms with Crippen LogP contribution in [0.5, 0.6) is 0 Å². The molecule has 2 aliphatic carbocycles. The summed E-state index contributed by atoms with van der Waals surface area (Å²) in [5, 5.41) is 3.90. The van der Waals surface area contributed by atoms with E-state index in [4.69, 9.17) is 12.2 Å². The van der Waals surface area contributed by atoms with Crippen LogP contribution < -0.4 is 16.2 Å². The van der Waals surface area contributed by atoms with Crippen LogP contribution in [0.3, 0.4) is 0 Å².